The molecule has 1 heterocycles. The molecule has 3 aromatic carbocycles. The summed E-state index contributed by atoms with van der Waals surface area (Å²) in [5, 5.41) is 10.1. The normalized spacial score (nSPS) is 20.5. The first-order valence-corrected chi connectivity index (χ1v) is 11.0. The van der Waals surface area contributed by atoms with E-state index < -0.39 is 11.7 Å². The molecule has 1 fully saturated rings. The van der Waals surface area contributed by atoms with Gasteiger partial charge in [-0.25, -0.2) is 9.18 Å². The molecule has 3 unspecified atom stereocenters. The van der Waals surface area contributed by atoms with E-state index in [-0.39, 0.29) is 18.0 Å². The number of aliphatic hydroxyl groups excluding tert-OH is 1. The van der Waals surface area contributed by atoms with E-state index in [1.807, 2.05) is 61.5 Å². The van der Waals surface area contributed by atoms with Crippen LogP contribution in [0.4, 0.5) is 9.18 Å². The van der Waals surface area contributed by atoms with Crippen molar-refractivity contribution in [2.24, 2.45) is 0 Å². The lowest BCUT2D eigenvalue weighted by molar-refractivity contribution is -0.0815. The van der Waals surface area contributed by atoms with E-state index in [1.165, 1.54) is 12.1 Å². The molecule has 1 amide bonds. The van der Waals surface area contributed by atoms with Crippen LogP contribution in [0.3, 0.4) is 0 Å². The van der Waals surface area contributed by atoms with E-state index in [0.29, 0.717) is 19.4 Å². The largest absolute Gasteiger partial charge is 0.438 e. The van der Waals surface area contributed by atoms with Crippen LogP contribution in [0.25, 0.3) is 11.1 Å². The number of aliphatic hydroxyl groups is 1. The van der Waals surface area contributed by atoms with Gasteiger partial charge in [0.2, 0.25) is 0 Å². The van der Waals surface area contributed by atoms with Gasteiger partial charge >= 0.3 is 6.09 Å². The second-order valence-corrected chi connectivity index (χ2v) is 8.53. The molecule has 1 aliphatic heterocycles. The first-order valence-electron chi connectivity index (χ1n) is 11.0. The third kappa shape index (κ3) is 4.53. The summed E-state index contributed by atoms with van der Waals surface area (Å²) in [5.74, 6) is -0.259. The standard InChI is InChI=1S/C27H28FNO3/c1-19(30)18-27(24-6-4-3-5-7-24)16-17-29(26(31)32-27)20(2)21-8-10-22(11-9-21)23-12-14-25(28)15-13-23/h3-15,19-20,30H,16-18H2,1-2H3. The third-order valence-electron chi connectivity index (χ3n) is 6.24. The quantitative estimate of drug-likeness (QED) is 0.514. The summed E-state index contributed by atoms with van der Waals surface area (Å²) in [5.41, 5.74) is 3.01. The number of hydrogen-bond acceptors (Lipinski definition) is 3. The van der Waals surface area contributed by atoms with Crippen LogP contribution in [-0.4, -0.2) is 28.7 Å². The smallest absolute Gasteiger partial charge is 0.411 e. The number of nitrogens with zero attached hydrogens (tertiary/aromatic N) is 1. The number of ether oxygens (including phenoxy) is 1. The maximum absolute atomic E-state index is 13.2. The molecule has 166 valence electrons. The molecule has 0 aromatic heterocycles. The Labute approximate surface area is 188 Å². The minimum Gasteiger partial charge on any atom is -0.438 e. The van der Waals surface area contributed by atoms with Gasteiger partial charge in [-0.05, 0) is 48.2 Å². The Morgan fingerprint density at radius 2 is 1.56 bits per heavy atom. The summed E-state index contributed by atoms with van der Waals surface area (Å²) in [6, 6.07) is 23.8. The van der Waals surface area contributed by atoms with Gasteiger partial charge < -0.3 is 14.7 Å². The fraction of sp³-hybridized carbons (Fsp3) is 0.296. The van der Waals surface area contributed by atoms with Crippen molar-refractivity contribution < 1.29 is 19.0 Å². The van der Waals surface area contributed by atoms with Crippen molar-refractivity contribution in [2.45, 2.75) is 44.4 Å². The molecular weight excluding hydrogens is 405 g/mol. The van der Waals surface area contributed by atoms with E-state index in [9.17, 15) is 14.3 Å². The highest BCUT2D eigenvalue weighted by Crippen LogP contribution is 2.40. The van der Waals surface area contributed by atoms with Crippen molar-refractivity contribution in [2.75, 3.05) is 6.54 Å². The molecular formula is C27H28FNO3. The monoisotopic (exact) mass is 433 g/mol. The zero-order valence-electron chi connectivity index (χ0n) is 18.4. The second kappa shape index (κ2) is 9.13. The highest BCUT2D eigenvalue weighted by molar-refractivity contribution is 5.70. The van der Waals surface area contributed by atoms with E-state index in [2.05, 4.69) is 0 Å². The molecule has 4 nitrogen and oxygen atoms in total. The molecule has 3 aromatic rings. The molecule has 1 N–H and O–H groups in total. The molecule has 3 atom stereocenters. The molecule has 0 radical (unpaired) electrons. The zero-order chi connectivity index (χ0) is 22.7. The Hall–Kier alpha value is -3.18. The summed E-state index contributed by atoms with van der Waals surface area (Å²) in [6.07, 6.45) is -0.00920. The summed E-state index contributed by atoms with van der Waals surface area (Å²) >= 11 is 0. The van der Waals surface area contributed by atoms with Crippen LogP contribution in [0.2, 0.25) is 0 Å². The van der Waals surface area contributed by atoms with Crippen LogP contribution in [0.1, 0.15) is 43.9 Å². The van der Waals surface area contributed by atoms with Crippen LogP contribution in [0.5, 0.6) is 0 Å². The number of benzene rings is 3. The lowest BCUT2D eigenvalue weighted by Gasteiger charge is -2.44. The SMILES string of the molecule is CC(O)CC1(c2ccccc2)CCN(C(C)c2ccc(-c3ccc(F)cc3)cc2)C(=O)O1. The molecule has 5 heteroatoms. The second-order valence-electron chi connectivity index (χ2n) is 8.53. The Morgan fingerprint density at radius 1 is 0.969 bits per heavy atom. The number of rotatable bonds is 6. The molecule has 0 saturated carbocycles. The van der Waals surface area contributed by atoms with Crippen molar-refractivity contribution >= 4 is 6.09 Å². The first-order chi connectivity index (χ1) is 15.4. The molecule has 1 aliphatic rings. The lowest BCUT2D eigenvalue weighted by atomic mass is 9.84. The average Bonchev–Trinajstić information content (AvgIpc) is 2.79. The Kier molecular flexibility index (Phi) is 6.28. The van der Waals surface area contributed by atoms with Crippen LogP contribution in [0.15, 0.2) is 78.9 Å². The van der Waals surface area contributed by atoms with Gasteiger partial charge in [0.15, 0.2) is 0 Å². The van der Waals surface area contributed by atoms with Gasteiger partial charge in [-0.1, -0.05) is 66.7 Å². The van der Waals surface area contributed by atoms with Gasteiger partial charge in [0, 0.05) is 19.4 Å². The predicted octanol–water partition coefficient (Wildman–Crippen LogP) is 6.06. The number of carbonyl (C=O) groups is 1. The minimum absolute atomic E-state index is 0.162. The van der Waals surface area contributed by atoms with Crippen LogP contribution in [0, 0.1) is 5.82 Å². The topological polar surface area (TPSA) is 49.8 Å². The minimum atomic E-state index is -0.824. The summed E-state index contributed by atoms with van der Waals surface area (Å²) in [6.45, 7) is 4.23. The van der Waals surface area contributed by atoms with E-state index in [1.54, 1.807) is 24.0 Å². The number of halogens is 1. The van der Waals surface area contributed by atoms with Crippen molar-refractivity contribution in [3.63, 3.8) is 0 Å². The van der Waals surface area contributed by atoms with E-state index >= 15 is 0 Å². The first kappa shape index (κ1) is 22.0. The molecule has 0 spiro atoms. The molecule has 1 saturated heterocycles. The van der Waals surface area contributed by atoms with Crippen LogP contribution < -0.4 is 0 Å². The van der Waals surface area contributed by atoms with Gasteiger partial charge in [-0.3, -0.25) is 0 Å². The van der Waals surface area contributed by atoms with Crippen molar-refractivity contribution in [3.8, 4) is 11.1 Å². The predicted molar refractivity (Wildman–Crippen MR) is 122 cm³/mol. The molecule has 4 rings (SSSR count). The van der Waals surface area contributed by atoms with Gasteiger partial charge in [0.25, 0.3) is 0 Å². The third-order valence-corrected chi connectivity index (χ3v) is 6.24. The highest BCUT2D eigenvalue weighted by atomic mass is 19.1. The van der Waals surface area contributed by atoms with E-state index in [0.717, 1.165) is 22.3 Å². The van der Waals surface area contributed by atoms with Crippen LogP contribution >= 0.6 is 0 Å². The number of cyclic esters (lactones) is 1. The van der Waals surface area contributed by atoms with Crippen molar-refractivity contribution in [3.05, 3.63) is 95.8 Å². The molecule has 0 bridgehead atoms. The maximum Gasteiger partial charge on any atom is 0.411 e. The van der Waals surface area contributed by atoms with Gasteiger partial charge in [-0.15, -0.1) is 0 Å². The highest BCUT2D eigenvalue weighted by Gasteiger charge is 2.44. The van der Waals surface area contributed by atoms with Gasteiger partial charge in [-0.2, -0.15) is 0 Å². The summed E-state index contributed by atoms with van der Waals surface area (Å²) < 4.78 is 19.2. The Morgan fingerprint density at radius 3 is 2.12 bits per heavy atom. The summed E-state index contributed by atoms with van der Waals surface area (Å²) in [7, 11) is 0. The van der Waals surface area contributed by atoms with Crippen LogP contribution in [-0.2, 0) is 10.3 Å². The summed E-state index contributed by atoms with van der Waals surface area (Å²) in [4.78, 5) is 14.8. The number of carbonyl (C=O) groups excluding carboxylic acids is 1. The fourth-order valence-corrected chi connectivity index (χ4v) is 4.48. The fourth-order valence-electron chi connectivity index (χ4n) is 4.48. The number of amides is 1. The van der Waals surface area contributed by atoms with E-state index in [4.69, 9.17) is 4.74 Å². The van der Waals surface area contributed by atoms with Gasteiger partial charge in [0.1, 0.15) is 11.4 Å². The Bertz CT molecular complexity index is 1050. The zero-order valence-corrected chi connectivity index (χ0v) is 18.4. The molecule has 32 heavy (non-hydrogen) atoms. The van der Waals surface area contributed by atoms with Gasteiger partial charge in [0.05, 0.1) is 12.1 Å². The lowest BCUT2D eigenvalue weighted by Crippen LogP contribution is -2.49. The maximum atomic E-state index is 13.2. The average molecular weight is 434 g/mol. The molecule has 0 aliphatic carbocycles. The van der Waals surface area contributed by atoms with Crippen molar-refractivity contribution in [1.29, 1.82) is 0 Å². The number of hydrogen-bond donors (Lipinski definition) is 1. The van der Waals surface area contributed by atoms with Crippen molar-refractivity contribution in [1.82, 2.24) is 4.90 Å². The Balaban J connectivity index is 1.51.